The molecule has 4 bridgehead atoms. The number of unbranched alkanes of at least 4 members (excludes halogenated alkanes) is 2. The normalized spacial score (nSPS) is 26.2. The average Bonchev–Trinajstić information content (AvgIpc) is 3.72. The summed E-state index contributed by atoms with van der Waals surface area (Å²) in [5.74, 6) is -1.12. The second-order valence-corrected chi connectivity index (χ2v) is 20.9. The van der Waals surface area contributed by atoms with Gasteiger partial charge in [-0.3, -0.25) is 24.0 Å². The lowest BCUT2D eigenvalue weighted by Crippen LogP contribution is -2.65. The summed E-state index contributed by atoms with van der Waals surface area (Å²) in [6.45, 7) is 10.8. The number of fused-ring (bicyclic) bond motifs is 2. The van der Waals surface area contributed by atoms with Crippen molar-refractivity contribution < 1.29 is 38.0 Å². The zero-order valence-electron chi connectivity index (χ0n) is 42.3. The lowest BCUT2D eigenvalue weighted by atomic mass is 9.43. The van der Waals surface area contributed by atoms with Crippen molar-refractivity contribution in [2.24, 2.45) is 28.7 Å². The van der Waals surface area contributed by atoms with Crippen LogP contribution in [0, 0.1) is 17.3 Å². The van der Waals surface area contributed by atoms with E-state index in [4.69, 9.17) is 25.5 Å². The minimum Gasteiger partial charge on any atom is -0.496 e. The first-order valence-electron chi connectivity index (χ1n) is 25.6. The number of likely N-dealkylation sites (N-methyl/N-ethyl adjacent to an activating group) is 1. The minimum atomic E-state index is -1.22. The van der Waals surface area contributed by atoms with E-state index in [1.807, 2.05) is 18.2 Å². The van der Waals surface area contributed by atoms with Crippen molar-refractivity contribution in [2.75, 3.05) is 20.7 Å². The van der Waals surface area contributed by atoms with E-state index in [1.54, 1.807) is 31.4 Å². The van der Waals surface area contributed by atoms with Gasteiger partial charge < -0.3 is 51.7 Å². The molecule has 15 nitrogen and oxygen atoms in total. The standard InChI is InChI=1S/C54H76BN7O8/c1-8-9-15-34-19-21-35(22-20-34)36-23-25-37(26-24-36)48(64)60-42(18-13-14-29-56)51(67)62(6)46-39-27-28-43(68-7)38(30-39)16-11-10-12-17-41(59-47(63)33(2)58-50(46)66)49(65)61-52(57)55-69-45-32-40-31-44(53(40,3)4)54(45,5)70-55/h19-28,30,33,40-42,44-46,52H,8-18,29,31-32,56-57H2,1-7H3,(H,58,66)(H,59,63)(H,60,64)(H,61,65)/t33-,40-,41-,42-,44-,45+,46-,52+,54-/m0/s1. The van der Waals surface area contributed by atoms with E-state index in [-0.39, 0.29) is 17.9 Å². The number of carbonyl (C=O) groups is 5. The molecule has 3 aliphatic carbocycles. The summed E-state index contributed by atoms with van der Waals surface area (Å²) < 4.78 is 18.6. The first-order valence-corrected chi connectivity index (χ1v) is 25.6. The van der Waals surface area contributed by atoms with Crippen LogP contribution in [0.3, 0.4) is 0 Å². The highest BCUT2D eigenvalue weighted by Gasteiger charge is 2.68. The third-order valence-electron chi connectivity index (χ3n) is 15.8. The molecule has 2 heterocycles. The molecule has 70 heavy (non-hydrogen) atoms. The second kappa shape index (κ2) is 22.9. The Morgan fingerprint density at radius 3 is 2.30 bits per heavy atom. The van der Waals surface area contributed by atoms with E-state index in [9.17, 15) is 24.0 Å². The van der Waals surface area contributed by atoms with Gasteiger partial charge in [0.05, 0.1) is 18.8 Å². The van der Waals surface area contributed by atoms with Crippen molar-refractivity contribution in [1.82, 2.24) is 26.2 Å². The smallest absolute Gasteiger partial charge is 0.496 e. The van der Waals surface area contributed by atoms with Gasteiger partial charge >= 0.3 is 7.12 Å². The van der Waals surface area contributed by atoms with Gasteiger partial charge in [0.1, 0.15) is 36.0 Å². The van der Waals surface area contributed by atoms with Gasteiger partial charge in [0.25, 0.3) is 5.91 Å². The SMILES string of the molecule is CCCCc1ccc(-c2ccc(C(=O)N[C@@H](CCCCN)C(=O)N(C)[C@@H]3C(=O)N[C@@H](C)C(=O)N[C@H](C(=O)N[C@@H](N)B4O[C@@H]5C[C@@H]6C[C@@H](C6(C)C)[C@]5(C)O4)CCCCCc4cc3ccc4OC)cc2)cc1. The number of carbonyl (C=O) groups excluding carboxylic acids is 5. The van der Waals surface area contributed by atoms with Gasteiger partial charge in [0, 0.05) is 12.6 Å². The zero-order chi connectivity index (χ0) is 50.3. The predicted octanol–water partition coefficient (Wildman–Crippen LogP) is 5.91. The monoisotopic (exact) mass is 962 g/mol. The number of amides is 5. The van der Waals surface area contributed by atoms with Gasteiger partial charge in [-0.05, 0) is 154 Å². The van der Waals surface area contributed by atoms with E-state index in [1.165, 1.54) is 24.4 Å². The molecular formula is C54H76BN7O8. The van der Waals surface area contributed by atoms with E-state index < -0.39 is 72.5 Å². The molecule has 3 saturated carbocycles. The Morgan fingerprint density at radius 1 is 0.914 bits per heavy atom. The number of benzene rings is 3. The molecule has 4 fully saturated rings. The number of hydrogen-bond donors (Lipinski definition) is 6. The number of methoxy groups -OCH3 is 1. The van der Waals surface area contributed by atoms with E-state index in [2.05, 4.69) is 73.2 Å². The third kappa shape index (κ3) is 11.6. The van der Waals surface area contributed by atoms with Crippen molar-refractivity contribution in [2.45, 2.75) is 160 Å². The minimum absolute atomic E-state index is 0.120. The van der Waals surface area contributed by atoms with E-state index in [0.717, 1.165) is 55.2 Å². The molecule has 1 saturated heterocycles. The molecule has 0 unspecified atom stereocenters. The molecule has 0 aromatic heterocycles. The Morgan fingerprint density at radius 2 is 1.63 bits per heavy atom. The van der Waals surface area contributed by atoms with Crippen LogP contribution in [0.1, 0.15) is 138 Å². The molecule has 16 heteroatoms. The lowest BCUT2D eigenvalue weighted by Gasteiger charge is -2.64. The number of nitrogens with two attached hydrogens (primary N) is 2. The van der Waals surface area contributed by atoms with Gasteiger partial charge in [0.15, 0.2) is 0 Å². The van der Waals surface area contributed by atoms with Crippen molar-refractivity contribution >= 4 is 36.7 Å². The summed E-state index contributed by atoms with van der Waals surface area (Å²) in [6, 6.07) is 15.8. The van der Waals surface area contributed by atoms with Crippen LogP contribution in [-0.2, 0) is 41.3 Å². The molecule has 5 amide bonds. The fraction of sp³-hybridized carbons (Fsp3) is 0.574. The van der Waals surface area contributed by atoms with Crippen molar-refractivity contribution in [3.63, 3.8) is 0 Å². The molecule has 9 atom stereocenters. The number of nitrogens with one attached hydrogen (secondary N) is 4. The van der Waals surface area contributed by atoms with Crippen LogP contribution in [0.2, 0.25) is 0 Å². The van der Waals surface area contributed by atoms with Crippen LogP contribution in [-0.4, -0.2) is 98.2 Å². The molecule has 8 rings (SSSR count). The number of aryl methyl sites for hydroxylation is 2. The van der Waals surface area contributed by atoms with E-state index >= 15 is 0 Å². The fourth-order valence-electron chi connectivity index (χ4n) is 11.3. The average molecular weight is 962 g/mol. The summed E-state index contributed by atoms with van der Waals surface area (Å²) in [6.07, 6.45) is 9.54. The van der Waals surface area contributed by atoms with Gasteiger partial charge in [-0.25, -0.2) is 0 Å². The third-order valence-corrected chi connectivity index (χ3v) is 15.8. The second-order valence-electron chi connectivity index (χ2n) is 20.9. The van der Waals surface area contributed by atoms with Gasteiger partial charge in [-0.2, -0.15) is 0 Å². The maximum atomic E-state index is 14.7. The summed E-state index contributed by atoms with van der Waals surface area (Å²) >= 11 is 0. The van der Waals surface area contributed by atoms with Crippen LogP contribution in [0.25, 0.3) is 11.1 Å². The highest BCUT2D eigenvalue weighted by atomic mass is 16.7. The maximum absolute atomic E-state index is 14.7. The summed E-state index contributed by atoms with van der Waals surface area (Å²) in [7, 11) is 2.26. The molecule has 0 spiro atoms. The first-order chi connectivity index (χ1) is 33.5. The van der Waals surface area contributed by atoms with Gasteiger partial charge in [0.2, 0.25) is 23.6 Å². The summed E-state index contributed by atoms with van der Waals surface area (Å²) in [5, 5.41) is 11.5. The maximum Gasteiger partial charge on any atom is 0.497 e. The number of hydrogen-bond acceptors (Lipinski definition) is 10. The Hall–Kier alpha value is -5.29. The highest BCUT2D eigenvalue weighted by molar-refractivity contribution is 6.47. The van der Waals surface area contributed by atoms with E-state index in [0.29, 0.717) is 73.8 Å². The molecule has 2 aliphatic heterocycles. The first kappa shape index (κ1) is 52.5. The molecule has 3 aromatic rings. The Kier molecular flexibility index (Phi) is 17.2. The van der Waals surface area contributed by atoms with Gasteiger partial charge in [-0.1, -0.05) is 82.5 Å². The van der Waals surface area contributed by atoms with Crippen molar-refractivity contribution in [1.29, 1.82) is 0 Å². The Balaban J connectivity index is 1.06. The molecular weight excluding hydrogens is 885 g/mol. The van der Waals surface area contributed by atoms with Crippen molar-refractivity contribution in [3.8, 4) is 16.9 Å². The molecule has 3 aromatic carbocycles. The molecule has 5 aliphatic rings. The highest BCUT2D eigenvalue weighted by Crippen LogP contribution is 2.65. The molecule has 0 radical (unpaired) electrons. The predicted molar refractivity (Wildman–Crippen MR) is 271 cm³/mol. The van der Waals surface area contributed by atoms with Crippen LogP contribution in [0.4, 0.5) is 0 Å². The van der Waals surface area contributed by atoms with Crippen LogP contribution in [0.5, 0.6) is 5.75 Å². The zero-order valence-corrected chi connectivity index (χ0v) is 42.3. The number of rotatable bonds is 16. The Labute approximate surface area is 414 Å². The topological polar surface area (TPSA) is 216 Å². The Bertz CT molecular complexity index is 2330. The lowest BCUT2D eigenvalue weighted by molar-refractivity contribution is -0.199. The molecule has 378 valence electrons. The fourth-order valence-corrected chi connectivity index (χ4v) is 11.3. The summed E-state index contributed by atoms with van der Waals surface area (Å²) in [4.78, 5) is 72.5. The largest absolute Gasteiger partial charge is 0.497 e. The molecule has 8 N–H and O–H groups in total. The number of ether oxygens (including phenoxy) is 1. The van der Waals surface area contributed by atoms with Crippen LogP contribution < -0.4 is 37.5 Å². The quantitative estimate of drug-likeness (QED) is 0.0567. The van der Waals surface area contributed by atoms with Crippen LogP contribution in [0.15, 0.2) is 66.7 Å². The summed E-state index contributed by atoms with van der Waals surface area (Å²) in [5.41, 5.74) is 17.1. The number of nitrogens with zero attached hydrogens (tertiary/aromatic N) is 1. The van der Waals surface area contributed by atoms with Crippen LogP contribution >= 0.6 is 0 Å². The van der Waals surface area contributed by atoms with Gasteiger partial charge in [-0.15, -0.1) is 0 Å². The van der Waals surface area contributed by atoms with Crippen molar-refractivity contribution in [3.05, 3.63) is 89.0 Å².